The molecular weight excluding hydrogens is 250 g/mol. The van der Waals surface area contributed by atoms with Crippen molar-refractivity contribution in [2.24, 2.45) is 17.6 Å². The number of halogens is 2. The first-order valence-electron chi connectivity index (χ1n) is 6.37. The molecule has 0 aliphatic heterocycles. The van der Waals surface area contributed by atoms with Gasteiger partial charge in [0.1, 0.15) is 0 Å². The molecule has 5 heteroatoms. The Morgan fingerprint density at radius 1 is 1.32 bits per heavy atom. The molecule has 1 atom stereocenters. The van der Waals surface area contributed by atoms with Gasteiger partial charge in [-0.05, 0) is 36.9 Å². The Hall–Kier alpha value is -1.49. The normalized spacial score (nSPS) is 12.5. The van der Waals surface area contributed by atoms with Crippen molar-refractivity contribution in [1.29, 1.82) is 0 Å². The Kier molecular flexibility index (Phi) is 5.89. The van der Waals surface area contributed by atoms with Crippen LogP contribution in [0.3, 0.4) is 0 Å². The summed E-state index contributed by atoms with van der Waals surface area (Å²) in [5.74, 6) is -1.58. The molecule has 0 spiro atoms. The van der Waals surface area contributed by atoms with Gasteiger partial charge in [-0.2, -0.15) is 0 Å². The molecule has 1 amide bonds. The van der Waals surface area contributed by atoms with Crippen LogP contribution in [0.5, 0.6) is 0 Å². The average molecular weight is 270 g/mol. The number of hydrogen-bond donors (Lipinski definition) is 2. The third kappa shape index (κ3) is 5.34. The Morgan fingerprint density at radius 2 is 2.00 bits per heavy atom. The summed E-state index contributed by atoms with van der Waals surface area (Å²) in [6.45, 7) is 4.56. The molecule has 106 valence electrons. The molecule has 0 fully saturated rings. The second kappa shape index (κ2) is 7.19. The third-order valence-corrected chi connectivity index (χ3v) is 2.82. The molecule has 1 aromatic rings. The standard InChI is InChI=1S/C14H20F2N2O/c1-9(2)5-10(8-17)6-14(19)18-11-3-4-12(15)13(16)7-11/h3-4,7,9-10H,5-6,8,17H2,1-2H3,(H,18,19)/t10-/m0/s1. The van der Waals surface area contributed by atoms with Crippen molar-refractivity contribution < 1.29 is 13.6 Å². The summed E-state index contributed by atoms with van der Waals surface area (Å²) in [5.41, 5.74) is 5.87. The Labute approximate surface area is 112 Å². The van der Waals surface area contributed by atoms with Crippen LogP contribution in [0.15, 0.2) is 18.2 Å². The van der Waals surface area contributed by atoms with E-state index in [2.05, 4.69) is 19.2 Å². The van der Waals surface area contributed by atoms with Gasteiger partial charge in [-0.3, -0.25) is 4.79 Å². The van der Waals surface area contributed by atoms with E-state index in [1.54, 1.807) is 0 Å². The molecule has 3 N–H and O–H groups in total. The average Bonchev–Trinajstić information content (AvgIpc) is 2.32. The number of anilines is 1. The largest absolute Gasteiger partial charge is 0.330 e. The van der Waals surface area contributed by atoms with Gasteiger partial charge in [0.2, 0.25) is 5.91 Å². The molecule has 0 saturated heterocycles. The first-order chi connectivity index (χ1) is 8.92. The van der Waals surface area contributed by atoms with E-state index in [4.69, 9.17) is 5.73 Å². The molecule has 0 saturated carbocycles. The van der Waals surface area contributed by atoms with Crippen molar-refractivity contribution in [3.05, 3.63) is 29.8 Å². The van der Waals surface area contributed by atoms with E-state index in [1.807, 2.05) is 0 Å². The fourth-order valence-corrected chi connectivity index (χ4v) is 1.98. The van der Waals surface area contributed by atoms with E-state index in [0.717, 1.165) is 18.6 Å². The number of nitrogens with one attached hydrogen (secondary N) is 1. The molecule has 0 aliphatic rings. The minimum absolute atomic E-state index is 0.102. The van der Waals surface area contributed by atoms with Crippen LogP contribution >= 0.6 is 0 Å². The van der Waals surface area contributed by atoms with E-state index in [0.29, 0.717) is 12.5 Å². The summed E-state index contributed by atoms with van der Waals surface area (Å²) in [6, 6.07) is 3.28. The Balaban J connectivity index is 2.56. The minimum Gasteiger partial charge on any atom is -0.330 e. The van der Waals surface area contributed by atoms with Gasteiger partial charge in [0.15, 0.2) is 11.6 Å². The number of nitrogens with two attached hydrogens (primary N) is 1. The Morgan fingerprint density at radius 3 is 2.53 bits per heavy atom. The fourth-order valence-electron chi connectivity index (χ4n) is 1.98. The molecular formula is C14H20F2N2O. The van der Waals surface area contributed by atoms with E-state index in [1.165, 1.54) is 6.07 Å². The lowest BCUT2D eigenvalue weighted by Crippen LogP contribution is -2.23. The van der Waals surface area contributed by atoms with Crippen LogP contribution in [-0.4, -0.2) is 12.5 Å². The first kappa shape index (κ1) is 15.6. The summed E-state index contributed by atoms with van der Waals surface area (Å²) in [6.07, 6.45) is 1.15. The van der Waals surface area contributed by atoms with Gasteiger partial charge in [-0.25, -0.2) is 8.78 Å². The molecule has 1 rings (SSSR count). The van der Waals surface area contributed by atoms with Gasteiger partial charge in [0.25, 0.3) is 0 Å². The molecule has 0 unspecified atom stereocenters. The molecule has 0 radical (unpaired) electrons. The van der Waals surface area contributed by atoms with Crippen LogP contribution in [0, 0.1) is 23.5 Å². The predicted molar refractivity (Wildman–Crippen MR) is 71.6 cm³/mol. The maximum atomic E-state index is 13.0. The lowest BCUT2D eigenvalue weighted by atomic mass is 9.94. The number of amides is 1. The summed E-state index contributed by atoms with van der Waals surface area (Å²) in [5, 5.41) is 2.55. The molecule has 0 aromatic heterocycles. The fraction of sp³-hybridized carbons (Fsp3) is 0.500. The summed E-state index contributed by atoms with van der Waals surface area (Å²) in [7, 11) is 0. The first-order valence-corrected chi connectivity index (χ1v) is 6.37. The van der Waals surface area contributed by atoms with Gasteiger partial charge in [-0.15, -0.1) is 0 Å². The molecule has 0 aliphatic carbocycles. The summed E-state index contributed by atoms with van der Waals surface area (Å²) < 4.78 is 25.7. The lowest BCUT2D eigenvalue weighted by Gasteiger charge is -2.16. The molecule has 3 nitrogen and oxygen atoms in total. The van der Waals surface area contributed by atoms with Gasteiger partial charge in [0, 0.05) is 18.2 Å². The molecule has 19 heavy (non-hydrogen) atoms. The van der Waals surface area contributed by atoms with E-state index < -0.39 is 11.6 Å². The zero-order valence-electron chi connectivity index (χ0n) is 11.2. The minimum atomic E-state index is -0.977. The summed E-state index contributed by atoms with van der Waals surface area (Å²) >= 11 is 0. The van der Waals surface area contributed by atoms with Crippen LogP contribution < -0.4 is 11.1 Å². The maximum absolute atomic E-state index is 13.0. The number of benzene rings is 1. The number of hydrogen-bond acceptors (Lipinski definition) is 2. The highest BCUT2D eigenvalue weighted by Gasteiger charge is 2.14. The number of rotatable bonds is 6. The SMILES string of the molecule is CC(C)C[C@H](CN)CC(=O)Nc1ccc(F)c(F)c1. The quantitative estimate of drug-likeness (QED) is 0.835. The predicted octanol–water partition coefficient (Wildman–Crippen LogP) is 2.91. The van der Waals surface area contributed by atoms with E-state index in [9.17, 15) is 13.6 Å². The van der Waals surface area contributed by atoms with E-state index >= 15 is 0 Å². The maximum Gasteiger partial charge on any atom is 0.224 e. The van der Waals surface area contributed by atoms with Crippen LogP contribution in [0.4, 0.5) is 14.5 Å². The third-order valence-electron chi connectivity index (χ3n) is 2.82. The zero-order chi connectivity index (χ0) is 14.4. The molecule has 0 bridgehead atoms. The highest BCUT2D eigenvalue weighted by atomic mass is 19.2. The van der Waals surface area contributed by atoms with Crippen LogP contribution in [0.1, 0.15) is 26.7 Å². The van der Waals surface area contributed by atoms with Gasteiger partial charge in [-0.1, -0.05) is 13.8 Å². The van der Waals surface area contributed by atoms with Crippen molar-refractivity contribution in [3.63, 3.8) is 0 Å². The van der Waals surface area contributed by atoms with Crippen molar-refractivity contribution in [2.75, 3.05) is 11.9 Å². The number of carbonyl (C=O) groups is 1. The van der Waals surface area contributed by atoms with Gasteiger partial charge in [0.05, 0.1) is 0 Å². The Bertz CT molecular complexity index is 435. The van der Waals surface area contributed by atoms with Crippen molar-refractivity contribution in [2.45, 2.75) is 26.7 Å². The topological polar surface area (TPSA) is 55.1 Å². The van der Waals surface area contributed by atoms with Crippen LogP contribution in [-0.2, 0) is 4.79 Å². The smallest absolute Gasteiger partial charge is 0.224 e. The van der Waals surface area contributed by atoms with Crippen molar-refractivity contribution in [1.82, 2.24) is 0 Å². The monoisotopic (exact) mass is 270 g/mol. The van der Waals surface area contributed by atoms with Crippen LogP contribution in [0.25, 0.3) is 0 Å². The van der Waals surface area contributed by atoms with E-state index in [-0.39, 0.29) is 23.9 Å². The highest BCUT2D eigenvalue weighted by molar-refractivity contribution is 5.90. The van der Waals surface area contributed by atoms with Gasteiger partial charge < -0.3 is 11.1 Å². The summed E-state index contributed by atoms with van der Waals surface area (Å²) in [4.78, 5) is 11.8. The lowest BCUT2D eigenvalue weighted by molar-refractivity contribution is -0.117. The number of carbonyl (C=O) groups excluding carboxylic acids is 1. The van der Waals surface area contributed by atoms with Crippen LogP contribution in [0.2, 0.25) is 0 Å². The van der Waals surface area contributed by atoms with Gasteiger partial charge >= 0.3 is 0 Å². The van der Waals surface area contributed by atoms with Crippen molar-refractivity contribution in [3.8, 4) is 0 Å². The second-order valence-electron chi connectivity index (χ2n) is 5.11. The van der Waals surface area contributed by atoms with Crippen molar-refractivity contribution >= 4 is 11.6 Å². The highest BCUT2D eigenvalue weighted by Crippen LogP contribution is 2.17. The molecule has 1 aromatic carbocycles. The zero-order valence-corrected chi connectivity index (χ0v) is 11.2. The molecule has 0 heterocycles. The second-order valence-corrected chi connectivity index (χ2v) is 5.11.